The van der Waals surface area contributed by atoms with Gasteiger partial charge in [0.1, 0.15) is 5.75 Å². The van der Waals surface area contributed by atoms with Gasteiger partial charge < -0.3 is 9.26 Å². The predicted molar refractivity (Wildman–Crippen MR) is 110 cm³/mol. The molecule has 0 atom stereocenters. The van der Waals surface area contributed by atoms with Gasteiger partial charge in [-0.2, -0.15) is 4.98 Å². The lowest BCUT2D eigenvalue weighted by Gasteiger charge is -2.06. The van der Waals surface area contributed by atoms with Crippen molar-refractivity contribution >= 4 is 25.8 Å². The maximum atomic E-state index is 12.6. The molecule has 0 aliphatic heterocycles. The SMILES string of the molecule is O=S(=O)(c1ccccc1)c1ccc(OCc2nc(-c3cccc(Br)c3)no2)cc1. The number of benzene rings is 3. The second-order valence-electron chi connectivity index (χ2n) is 6.10. The van der Waals surface area contributed by atoms with E-state index in [0.29, 0.717) is 17.5 Å². The van der Waals surface area contributed by atoms with Gasteiger partial charge in [0, 0.05) is 10.0 Å². The Balaban J connectivity index is 1.44. The fourth-order valence-electron chi connectivity index (χ4n) is 2.65. The van der Waals surface area contributed by atoms with Crippen LogP contribution in [-0.2, 0) is 16.4 Å². The Morgan fingerprint density at radius 1 is 0.897 bits per heavy atom. The Hall–Kier alpha value is -2.97. The lowest BCUT2D eigenvalue weighted by atomic mass is 10.2. The van der Waals surface area contributed by atoms with E-state index in [2.05, 4.69) is 26.1 Å². The summed E-state index contributed by atoms with van der Waals surface area (Å²) >= 11 is 3.41. The third kappa shape index (κ3) is 4.38. The molecule has 0 radical (unpaired) electrons. The quantitative estimate of drug-likeness (QED) is 0.398. The largest absolute Gasteiger partial charge is 0.484 e. The average Bonchev–Trinajstić information content (AvgIpc) is 3.22. The lowest BCUT2D eigenvalue weighted by Crippen LogP contribution is -2.02. The highest BCUT2D eigenvalue weighted by Gasteiger charge is 2.17. The molecule has 0 bridgehead atoms. The molecule has 0 fully saturated rings. The average molecular weight is 471 g/mol. The molecule has 0 amide bonds. The van der Waals surface area contributed by atoms with Crippen molar-refractivity contribution in [1.82, 2.24) is 10.1 Å². The highest BCUT2D eigenvalue weighted by molar-refractivity contribution is 9.10. The number of sulfone groups is 1. The minimum absolute atomic E-state index is 0.0752. The molecule has 0 unspecified atom stereocenters. The summed E-state index contributed by atoms with van der Waals surface area (Å²) in [6, 6.07) is 22.1. The van der Waals surface area contributed by atoms with Crippen molar-refractivity contribution in [2.45, 2.75) is 16.4 Å². The fourth-order valence-corrected chi connectivity index (χ4v) is 4.34. The molecular formula is C21H15BrN2O4S. The Labute approximate surface area is 176 Å². The maximum absolute atomic E-state index is 12.6. The molecule has 3 aromatic carbocycles. The molecule has 1 aromatic heterocycles. The van der Waals surface area contributed by atoms with Crippen LogP contribution in [0.25, 0.3) is 11.4 Å². The number of hydrogen-bond donors (Lipinski definition) is 0. The zero-order valence-corrected chi connectivity index (χ0v) is 17.4. The first-order valence-electron chi connectivity index (χ1n) is 8.64. The van der Waals surface area contributed by atoms with Gasteiger partial charge in [-0.1, -0.05) is 51.4 Å². The fraction of sp³-hybridized carbons (Fsp3) is 0.0476. The van der Waals surface area contributed by atoms with Crippen molar-refractivity contribution in [1.29, 1.82) is 0 Å². The van der Waals surface area contributed by atoms with E-state index in [-0.39, 0.29) is 16.4 Å². The first kappa shape index (κ1) is 19.4. The number of ether oxygens (including phenoxy) is 1. The summed E-state index contributed by atoms with van der Waals surface area (Å²) in [4.78, 5) is 4.76. The minimum Gasteiger partial charge on any atom is -0.484 e. The zero-order valence-electron chi connectivity index (χ0n) is 15.0. The zero-order chi connectivity index (χ0) is 20.3. The third-order valence-electron chi connectivity index (χ3n) is 4.10. The summed E-state index contributed by atoms with van der Waals surface area (Å²) in [6.07, 6.45) is 0. The van der Waals surface area contributed by atoms with E-state index in [1.807, 2.05) is 24.3 Å². The van der Waals surface area contributed by atoms with E-state index < -0.39 is 9.84 Å². The first-order chi connectivity index (χ1) is 14.0. The van der Waals surface area contributed by atoms with Gasteiger partial charge in [-0.25, -0.2) is 8.42 Å². The molecule has 29 heavy (non-hydrogen) atoms. The molecule has 4 rings (SSSR count). The molecule has 4 aromatic rings. The Morgan fingerprint density at radius 3 is 2.34 bits per heavy atom. The van der Waals surface area contributed by atoms with Crippen LogP contribution in [0.4, 0.5) is 0 Å². The van der Waals surface area contributed by atoms with Crippen LogP contribution in [0.3, 0.4) is 0 Å². The van der Waals surface area contributed by atoms with Crippen molar-refractivity contribution in [3.8, 4) is 17.1 Å². The van der Waals surface area contributed by atoms with Crippen LogP contribution in [0.2, 0.25) is 0 Å². The van der Waals surface area contributed by atoms with Gasteiger partial charge in [-0.3, -0.25) is 0 Å². The Kier molecular flexibility index (Phi) is 5.46. The Bertz CT molecular complexity index is 1220. The van der Waals surface area contributed by atoms with E-state index in [9.17, 15) is 8.42 Å². The standard InChI is InChI=1S/C21H15BrN2O4S/c22-16-6-4-5-15(13-16)21-23-20(28-24-21)14-27-17-9-11-19(12-10-17)29(25,26)18-7-2-1-3-8-18/h1-13H,14H2. The third-order valence-corrected chi connectivity index (χ3v) is 6.38. The van der Waals surface area contributed by atoms with Crippen LogP contribution in [0.1, 0.15) is 5.89 Å². The summed E-state index contributed by atoms with van der Waals surface area (Å²) in [5.41, 5.74) is 0.824. The molecule has 0 saturated carbocycles. The molecule has 1 heterocycles. The van der Waals surface area contributed by atoms with Gasteiger partial charge >= 0.3 is 0 Å². The van der Waals surface area contributed by atoms with Crippen LogP contribution >= 0.6 is 15.9 Å². The lowest BCUT2D eigenvalue weighted by molar-refractivity contribution is 0.243. The topological polar surface area (TPSA) is 82.3 Å². The van der Waals surface area contributed by atoms with Crippen molar-refractivity contribution in [2.75, 3.05) is 0 Å². The number of halogens is 1. The van der Waals surface area contributed by atoms with Gasteiger partial charge in [0.25, 0.3) is 5.89 Å². The van der Waals surface area contributed by atoms with Crippen molar-refractivity contribution in [3.05, 3.63) is 89.2 Å². The summed E-state index contributed by atoms with van der Waals surface area (Å²) in [5, 5.41) is 3.95. The summed E-state index contributed by atoms with van der Waals surface area (Å²) in [5.74, 6) is 1.29. The van der Waals surface area contributed by atoms with Crippen LogP contribution in [0.15, 0.2) is 97.6 Å². The second-order valence-corrected chi connectivity index (χ2v) is 8.96. The molecule has 0 N–H and O–H groups in total. The summed E-state index contributed by atoms with van der Waals surface area (Å²) < 4.78 is 37.0. The monoisotopic (exact) mass is 470 g/mol. The predicted octanol–water partition coefficient (Wildman–Crippen LogP) is 4.91. The smallest absolute Gasteiger partial charge is 0.264 e. The molecule has 0 aliphatic rings. The highest BCUT2D eigenvalue weighted by atomic mass is 79.9. The van der Waals surface area contributed by atoms with Gasteiger partial charge in [-0.15, -0.1) is 0 Å². The van der Waals surface area contributed by atoms with Crippen molar-refractivity contribution < 1.29 is 17.7 Å². The molecule has 8 heteroatoms. The van der Waals surface area contributed by atoms with Gasteiger partial charge in [0.05, 0.1) is 9.79 Å². The normalized spacial score (nSPS) is 11.3. The minimum atomic E-state index is -3.55. The summed E-state index contributed by atoms with van der Waals surface area (Å²) in [6.45, 7) is 0.0752. The van der Waals surface area contributed by atoms with Gasteiger partial charge in [0.15, 0.2) is 6.61 Å². The molecule has 0 spiro atoms. The van der Waals surface area contributed by atoms with E-state index in [0.717, 1.165) is 10.0 Å². The maximum Gasteiger partial charge on any atom is 0.264 e. The summed E-state index contributed by atoms with van der Waals surface area (Å²) in [7, 11) is -3.55. The van der Waals surface area contributed by atoms with Crippen LogP contribution in [-0.4, -0.2) is 18.6 Å². The van der Waals surface area contributed by atoms with Crippen molar-refractivity contribution in [3.63, 3.8) is 0 Å². The van der Waals surface area contributed by atoms with Crippen LogP contribution in [0.5, 0.6) is 5.75 Å². The van der Waals surface area contributed by atoms with Gasteiger partial charge in [0.2, 0.25) is 15.7 Å². The number of nitrogens with zero attached hydrogens (tertiary/aromatic N) is 2. The number of aromatic nitrogens is 2. The van der Waals surface area contributed by atoms with Crippen molar-refractivity contribution in [2.24, 2.45) is 0 Å². The van der Waals surface area contributed by atoms with E-state index in [4.69, 9.17) is 9.26 Å². The van der Waals surface area contributed by atoms with E-state index in [1.54, 1.807) is 42.5 Å². The number of rotatable bonds is 6. The van der Waals surface area contributed by atoms with E-state index in [1.165, 1.54) is 12.1 Å². The molecule has 0 aliphatic carbocycles. The highest BCUT2D eigenvalue weighted by Crippen LogP contribution is 2.24. The van der Waals surface area contributed by atoms with E-state index >= 15 is 0 Å². The second kappa shape index (κ2) is 8.18. The molecule has 146 valence electrons. The van der Waals surface area contributed by atoms with Gasteiger partial charge in [-0.05, 0) is 48.5 Å². The number of hydrogen-bond acceptors (Lipinski definition) is 6. The van der Waals surface area contributed by atoms with Crippen LogP contribution in [0, 0.1) is 0 Å². The molecule has 6 nitrogen and oxygen atoms in total. The first-order valence-corrected chi connectivity index (χ1v) is 10.9. The van der Waals surface area contributed by atoms with Crippen LogP contribution < -0.4 is 4.74 Å². The Morgan fingerprint density at radius 2 is 1.62 bits per heavy atom. The molecular weight excluding hydrogens is 456 g/mol. The molecule has 0 saturated heterocycles.